The molecule has 102 valence electrons. The predicted molar refractivity (Wildman–Crippen MR) is 70.2 cm³/mol. The molecule has 0 aromatic heterocycles. The topological polar surface area (TPSA) is 101 Å². The van der Waals surface area contributed by atoms with Crippen molar-refractivity contribution >= 4 is 18.1 Å². The molecule has 0 saturated carbocycles. The highest BCUT2D eigenvalue weighted by atomic mass is 16.2. The van der Waals surface area contributed by atoms with Gasteiger partial charge in [0.25, 0.3) is 0 Å². The lowest BCUT2D eigenvalue weighted by molar-refractivity contribution is -0.127. The van der Waals surface area contributed by atoms with E-state index in [9.17, 15) is 14.4 Å². The summed E-state index contributed by atoms with van der Waals surface area (Å²) in [5.74, 6) is -0.822. The van der Waals surface area contributed by atoms with E-state index >= 15 is 0 Å². The minimum absolute atomic E-state index is 0.0647. The number of nitrogens with one attached hydrogen (secondary N) is 2. The van der Waals surface area contributed by atoms with Crippen molar-refractivity contribution in [1.29, 1.82) is 0 Å². The Hall–Kier alpha value is -2.21. The third-order valence-electron chi connectivity index (χ3n) is 2.44. The lowest BCUT2D eigenvalue weighted by atomic mass is 10.1. The van der Waals surface area contributed by atoms with Crippen molar-refractivity contribution in [2.24, 2.45) is 5.73 Å². The Kier molecular flexibility index (Phi) is 6.25. The summed E-state index contributed by atoms with van der Waals surface area (Å²) >= 11 is 0. The molecular formula is C13H17N3O3. The zero-order chi connectivity index (χ0) is 14.1. The van der Waals surface area contributed by atoms with Crippen LogP contribution in [-0.4, -0.2) is 37.2 Å². The summed E-state index contributed by atoms with van der Waals surface area (Å²) in [5.41, 5.74) is 6.69. The van der Waals surface area contributed by atoms with Crippen LogP contribution in [0.4, 0.5) is 0 Å². The minimum atomic E-state index is -0.707. The summed E-state index contributed by atoms with van der Waals surface area (Å²) in [4.78, 5) is 32.8. The first-order valence-electron chi connectivity index (χ1n) is 5.91. The highest BCUT2D eigenvalue weighted by molar-refractivity contribution is 5.88. The van der Waals surface area contributed by atoms with E-state index in [4.69, 9.17) is 5.73 Å². The number of amides is 2. The predicted octanol–water partition coefficient (Wildman–Crippen LogP) is -1.01. The van der Waals surface area contributed by atoms with E-state index in [1.165, 1.54) is 0 Å². The molecule has 0 aliphatic heterocycles. The van der Waals surface area contributed by atoms with Crippen LogP contribution in [0.1, 0.15) is 5.56 Å². The van der Waals surface area contributed by atoms with E-state index in [0.29, 0.717) is 12.7 Å². The van der Waals surface area contributed by atoms with Crippen LogP contribution in [0.15, 0.2) is 30.3 Å². The van der Waals surface area contributed by atoms with E-state index in [-0.39, 0.29) is 13.1 Å². The fourth-order valence-corrected chi connectivity index (χ4v) is 1.48. The van der Waals surface area contributed by atoms with Crippen molar-refractivity contribution in [3.63, 3.8) is 0 Å². The van der Waals surface area contributed by atoms with Gasteiger partial charge in [0.05, 0.1) is 19.1 Å². The summed E-state index contributed by atoms with van der Waals surface area (Å²) in [7, 11) is 0. The highest BCUT2D eigenvalue weighted by Crippen LogP contribution is 2.01. The standard InChI is InChI=1S/C13H17N3O3/c14-11(8-10-4-2-1-3-5-10)13(19)16-9-12(18)15-6-7-17/h1-5,7,11H,6,8-9,14H2,(H,15,18)(H,16,19)/t11-/m1/s1. The van der Waals surface area contributed by atoms with Crippen molar-refractivity contribution in [2.75, 3.05) is 13.1 Å². The first-order chi connectivity index (χ1) is 9.13. The van der Waals surface area contributed by atoms with Crippen LogP contribution in [0.25, 0.3) is 0 Å². The number of carbonyl (C=O) groups excluding carboxylic acids is 3. The van der Waals surface area contributed by atoms with E-state index in [2.05, 4.69) is 10.6 Å². The monoisotopic (exact) mass is 263 g/mol. The molecule has 1 aromatic rings. The molecule has 0 aliphatic rings. The molecule has 0 bridgehead atoms. The van der Waals surface area contributed by atoms with Crippen molar-refractivity contribution in [1.82, 2.24) is 10.6 Å². The average molecular weight is 263 g/mol. The Balaban J connectivity index is 2.33. The molecule has 0 radical (unpaired) electrons. The Morgan fingerprint density at radius 3 is 2.53 bits per heavy atom. The van der Waals surface area contributed by atoms with Gasteiger partial charge in [0.2, 0.25) is 11.8 Å². The molecule has 2 amide bonds. The number of nitrogens with two attached hydrogens (primary N) is 1. The fraction of sp³-hybridized carbons (Fsp3) is 0.308. The van der Waals surface area contributed by atoms with Crippen LogP contribution in [0.3, 0.4) is 0 Å². The van der Waals surface area contributed by atoms with Gasteiger partial charge in [0, 0.05) is 0 Å². The molecule has 0 aliphatic carbocycles. The SMILES string of the molecule is N[C@H](Cc1ccccc1)C(=O)NCC(=O)NCC=O. The Labute approximate surface area is 111 Å². The number of aldehydes is 1. The van der Waals surface area contributed by atoms with Crippen LogP contribution in [0, 0.1) is 0 Å². The van der Waals surface area contributed by atoms with Gasteiger partial charge < -0.3 is 21.2 Å². The molecule has 1 rings (SSSR count). The van der Waals surface area contributed by atoms with Gasteiger partial charge in [0.1, 0.15) is 6.29 Å². The normalized spacial score (nSPS) is 11.4. The first kappa shape index (κ1) is 14.8. The molecule has 0 fully saturated rings. The van der Waals surface area contributed by atoms with E-state index in [1.54, 1.807) is 0 Å². The number of carbonyl (C=O) groups is 3. The van der Waals surface area contributed by atoms with Crippen molar-refractivity contribution in [3.05, 3.63) is 35.9 Å². The molecule has 1 atom stereocenters. The van der Waals surface area contributed by atoms with Gasteiger partial charge in [-0.25, -0.2) is 0 Å². The zero-order valence-corrected chi connectivity index (χ0v) is 10.5. The molecule has 19 heavy (non-hydrogen) atoms. The van der Waals surface area contributed by atoms with Gasteiger partial charge in [-0.15, -0.1) is 0 Å². The summed E-state index contributed by atoms with van der Waals surface area (Å²) in [5, 5.41) is 4.73. The highest BCUT2D eigenvalue weighted by Gasteiger charge is 2.14. The van der Waals surface area contributed by atoms with Gasteiger partial charge in [-0.1, -0.05) is 30.3 Å². The molecule has 1 aromatic carbocycles. The molecule has 0 heterocycles. The molecule has 6 nitrogen and oxygen atoms in total. The van der Waals surface area contributed by atoms with Crippen LogP contribution in [0.2, 0.25) is 0 Å². The number of benzene rings is 1. The van der Waals surface area contributed by atoms with Gasteiger partial charge >= 0.3 is 0 Å². The lowest BCUT2D eigenvalue weighted by Gasteiger charge is -2.12. The second-order valence-corrected chi connectivity index (χ2v) is 3.98. The van der Waals surface area contributed by atoms with E-state index < -0.39 is 17.9 Å². The maximum atomic E-state index is 11.6. The van der Waals surface area contributed by atoms with Crippen molar-refractivity contribution < 1.29 is 14.4 Å². The summed E-state index contributed by atoms with van der Waals surface area (Å²) in [6.45, 7) is -0.250. The Morgan fingerprint density at radius 2 is 1.89 bits per heavy atom. The van der Waals surface area contributed by atoms with E-state index in [0.717, 1.165) is 5.56 Å². The lowest BCUT2D eigenvalue weighted by Crippen LogP contribution is -2.46. The van der Waals surface area contributed by atoms with Gasteiger partial charge in [-0.05, 0) is 12.0 Å². The summed E-state index contributed by atoms with van der Waals surface area (Å²) in [6.07, 6.45) is 0.976. The maximum Gasteiger partial charge on any atom is 0.239 e. The third kappa shape index (κ3) is 5.78. The number of hydrogen-bond acceptors (Lipinski definition) is 4. The zero-order valence-electron chi connectivity index (χ0n) is 10.5. The fourth-order valence-electron chi connectivity index (χ4n) is 1.48. The summed E-state index contributed by atoms with van der Waals surface area (Å²) in [6, 6.07) is 8.67. The molecule has 0 saturated heterocycles. The maximum absolute atomic E-state index is 11.6. The largest absolute Gasteiger partial charge is 0.348 e. The summed E-state index contributed by atoms with van der Waals surface area (Å²) < 4.78 is 0. The molecule has 0 unspecified atom stereocenters. The first-order valence-corrected chi connectivity index (χ1v) is 5.91. The van der Waals surface area contributed by atoms with Crippen LogP contribution >= 0.6 is 0 Å². The van der Waals surface area contributed by atoms with Crippen LogP contribution in [0.5, 0.6) is 0 Å². The molecule has 6 heteroatoms. The van der Waals surface area contributed by atoms with Gasteiger partial charge in [0.15, 0.2) is 0 Å². The average Bonchev–Trinajstić information content (AvgIpc) is 2.43. The van der Waals surface area contributed by atoms with Gasteiger partial charge in [-0.3, -0.25) is 9.59 Å². The minimum Gasteiger partial charge on any atom is -0.348 e. The third-order valence-corrected chi connectivity index (χ3v) is 2.44. The number of hydrogen-bond donors (Lipinski definition) is 3. The second-order valence-electron chi connectivity index (χ2n) is 3.98. The van der Waals surface area contributed by atoms with Crippen molar-refractivity contribution in [3.8, 4) is 0 Å². The molecule has 0 spiro atoms. The molecule has 4 N–H and O–H groups in total. The van der Waals surface area contributed by atoms with Crippen LogP contribution in [-0.2, 0) is 20.8 Å². The Morgan fingerprint density at radius 1 is 1.21 bits per heavy atom. The van der Waals surface area contributed by atoms with Crippen molar-refractivity contribution in [2.45, 2.75) is 12.5 Å². The number of rotatable bonds is 7. The molecular weight excluding hydrogens is 246 g/mol. The second kappa shape index (κ2) is 7.99. The van der Waals surface area contributed by atoms with Gasteiger partial charge in [-0.2, -0.15) is 0 Å². The van der Waals surface area contributed by atoms with E-state index in [1.807, 2.05) is 30.3 Å². The van der Waals surface area contributed by atoms with Crippen LogP contribution < -0.4 is 16.4 Å². The Bertz CT molecular complexity index is 434. The quantitative estimate of drug-likeness (QED) is 0.548. The smallest absolute Gasteiger partial charge is 0.239 e.